The van der Waals surface area contributed by atoms with Crippen molar-refractivity contribution in [1.29, 1.82) is 5.26 Å². The Hall–Kier alpha value is -3.35. The molecule has 0 fully saturated rings. The summed E-state index contributed by atoms with van der Waals surface area (Å²) in [5.74, 6) is 0.257. The minimum atomic E-state index is -0.258. The van der Waals surface area contributed by atoms with Gasteiger partial charge in [-0.3, -0.25) is 10.1 Å². The molecule has 0 saturated heterocycles. The number of carbonyl (C=O) groups excluding carboxylic acids is 1. The topological polar surface area (TPSA) is 130 Å². The lowest BCUT2D eigenvalue weighted by molar-refractivity contribution is 0.102. The fourth-order valence-electron chi connectivity index (χ4n) is 3.25. The van der Waals surface area contributed by atoms with Crippen LogP contribution in [0.3, 0.4) is 0 Å². The van der Waals surface area contributed by atoms with E-state index in [9.17, 15) is 4.79 Å². The van der Waals surface area contributed by atoms with Crippen LogP contribution >= 0.6 is 11.3 Å². The highest BCUT2D eigenvalue weighted by atomic mass is 32.1. The van der Waals surface area contributed by atoms with Crippen LogP contribution in [-0.4, -0.2) is 33.9 Å². The minimum absolute atomic E-state index is 0.258. The van der Waals surface area contributed by atoms with E-state index in [1.807, 2.05) is 19.9 Å². The van der Waals surface area contributed by atoms with Crippen molar-refractivity contribution < 1.29 is 4.79 Å². The Morgan fingerprint density at radius 2 is 1.88 bits per heavy atom. The Labute approximate surface area is 198 Å². The summed E-state index contributed by atoms with van der Waals surface area (Å²) in [6.45, 7) is 5.34. The van der Waals surface area contributed by atoms with Gasteiger partial charge in [0.15, 0.2) is 5.13 Å². The van der Waals surface area contributed by atoms with Crippen LogP contribution in [0.1, 0.15) is 58.7 Å². The Balaban J connectivity index is 1.77. The number of thiazole rings is 1. The molecule has 3 aromatic heterocycles. The first-order valence-corrected chi connectivity index (χ1v) is 11.9. The number of unbranched alkanes of at least 4 members (excludes halogenated alkanes) is 4. The van der Waals surface area contributed by atoms with Crippen LogP contribution in [0.4, 0.5) is 10.9 Å². The van der Waals surface area contributed by atoms with Crippen molar-refractivity contribution in [2.45, 2.75) is 46.0 Å². The fraction of sp³-hybridized carbons (Fsp3) is 0.375. The molecule has 8 nitrogen and oxygen atoms in total. The van der Waals surface area contributed by atoms with Gasteiger partial charge in [0, 0.05) is 23.2 Å². The highest BCUT2D eigenvalue weighted by Crippen LogP contribution is 2.25. The molecule has 0 bridgehead atoms. The summed E-state index contributed by atoms with van der Waals surface area (Å²) in [6, 6.07) is 9.01. The van der Waals surface area contributed by atoms with Crippen LogP contribution in [-0.2, 0) is 0 Å². The predicted octanol–water partition coefficient (Wildman–Crippen LogP) is 4.66. The molecule has 0 aromatic carbocycles. The Kier molecular flexibility index (Phi) is 8.87. The van der Waals surface area contributed by atoms with Crippen LogP contribution in [0, 0.1) is 25.2 Å². The zero-order valence-corrected chi connectivity index (χ0v) is 19.8. The molecule has 0 unspecified atom stereocenters. The Morgan fingerprint density at radius 1 is 1.09 bits per heavy atom. The monoisotopic (exact) mass is 463 g/mol. The van der Waals surface area contributed by atoms with Crippen molar-refractivity contribution in [3.05, 3.63) is 52.3 Å². The molecule has 0 atom stereocenters. The van der Waals surface area contributed by atoms with Crippen LogP contribution in [0.25, 0.3) is 11.3 Å². The number of anilines is 2. The molecule has 172 valence electrons. The number of aromatic nitrogens is 3. The molecule has 33 heavy (non-hydrogen) atoms. The molecule has 1 amide bonds. The standard InChI is InChI=1S/C24H29N7OS/c1-16-17(2)33-24(29-16)31-23(32)20-10-11-21(18-8-9-19(14-26)28-15-18)30-22(20)27-13-7-5-3-4-6-12-25/h8-11,15H,3-7,12-13,25H2,1-2H3,(H,27,30)(H,29,31,32). The maximum Gasteiger partial charge on any atom is 0.261 e. The van der Waals surface area contributed by atoms with Gasteiger partial charge >= 0.3 is 0 Å². The van der Waals surface area contributed by atoms with E-state index in [0.717, 1.165) is 54.8 Å². The largest absolute Gasteiger partial charge is 0.369 e. The average Bonchev–Trinajstić information content (AvgIpc) is 3.14. The first kappa shape index (κ1) is 24.3. The lowest BCUT2D eigenvalue weighted by Crippen LogP contribution is -2.16. The summed E-state index contributed by atoms with van der Waals surface area (Å²) in [4.78, 5) is 27.3. The number of hydrogen-bond donors (Lipinski definition) is 3. The third kappa shape index (κ3) is 6.81. The smallest absolute Gasteiger partial charge is 0.261 e. The summed E-state index contributed by atoms with van der Waals surface area (Å²) >= 11 is 1.45. The van der Waals surface area contributed by atoms with Gasteiger partial charge in [-0.25, -0.2) is 15.0 Å². The van der Waals surface area contributed by atoms with Crippen molar-refractivity contribution in [3.8, 4) is 17.3 Å². The van der Waals surface area contributed by atoms with Gasteiger partial charge in [0.1, 0.15) is 17.6 Å². The van der Waals surface area contributed by atoms with Gasteiger partial charge in [0.25, 0.3) is 5.91 Å². The molecule has 0 saturated carbocycles. The van der Waals surface area contributed by atoms with Gasteiger partial charge in [-0.05, 0) is 57.5 Å². The zero-order valence-electron chi connectivity index (χ0n) is 19.0. The summed E-state index contributed by atoms with van der Waals surface area (Å²) < 4.78 is 0. The van der Waals surface area contributed by atoms with Crippen molar-refractivity contribution in [2.75, 3.05) is 23.7 Å². The Morgan fingerprint density at radius 3 is 2.55 bits per heavy atom. The second kappa shape index (κ2) is 12.0. The lowest BCUT2D eigenvalue weighted by Gasteiger charge is -2.13. The third-order valence-electron chi connectivity index (χ3n) is 5.24. The van der Waals surface area contributed by atoms with Crippen molar-refractivity contribution in [3.63, 3.8) is 0 Å². The maximum atomic E-state index is 13.0. The van der Waals surface area contributed by atoms with Gasteiger partial charge in [0.2, 0.25) is 0 Å². The molecule has 3 aromatic rings. The number of pyridine rings is 2. The summed E-state index contributed by atoms with van der Waals surface area (Å²) in [5, 5.41) is 15.8. The molecular formula is C24H29N7OS. The van der Waals surface area contributed by atoms with E-state index >= 15 is 0 Å². The molecule has 3 heterocycles. The van der Waals surface area contributed by atoms with Crippen molar-refractivity contribution >= 4 is 28.2 Å². The minimum Gasteiger partial charge on any atom is -0.369 e. The van der Waals surface area contributed by atoms with Crippen molar-refractivity contribution in [2.24, 2.45) is 5.73 Å². The van der Waals surface area contributed by atoms with E-state index in [1.165, 1.54) is 11.3 Å². The SMILES string of the molecule is Cc1nc(NC(=O)c2ccc(-c3ccc(C#N)nc3)nc2NCCCCCCCN)sc1C. The lowest BCUT2D eigenvalue weighted by atomic mass is 10.1. The van der Waals surface area contributed by atoms with E-state index in [2.05, 4.69) is 20.6 Å². The second-order valence-corrected chi connectivity index (χ2v) is 8.94. The predicted molar refractivity (Wildman–Crippen MR) is 132 cm³/mol. The Bertz CT molecular complexity index is 1100. The summed E-state index contributed by atoms with van der Waals surface area (Å²) in [7, 11) is 0. The van der Waals surface area contributed by atoms with E-state index in [-0.39, 0.29) is 5.91 Å². The number of nitrogens with two attached hydrogens (primary N) is 1. The molecule has 0 radical (unpaired) electrons. The molecule has 0 aliphatic heterocycles. The number of amides is 1. The number of hydrogen-bond acceptors (Lipinski definition) is 8. The van der Waals surface area contributed by atoms with Gasteiger partial charge in [-0.1, -0.05) is 19.3 Å². The first-order chi connectivity index (χ1) is 16.0. The van der Waals surface area contributed by atoms with E-state index in [0.29, 0.717) is 34.4 Å². The van der Waals surface area contributed by atoms with Gasteiger partial charge < -0.3 is 11.1 Å². The zero-order chi connectivity index (χ0) is 23.6. The van der Waals surface area contributed by atoms with Gasteiger partial charge in [-0.15, -0.1) is 11.3 Å². The number of rotatable bonds is 11. The third-order valence-corrected chi connectivity index (χ3v) is 6.22. The molecule has 0 spiro atoms. The molecule has 0 aliphatic rings. The molecule has 4 N–H and O–H groups in total. The summed E-state index contributed by atoms with van der Waals surface area (Å²) in [5.41, 5.74) is 8.71. The van der Waals surface area contributed by atoms with Gasteiger partial charge in [0.05, 0.1) is 17.0 Å². The molecule has 9 heteroatoms. The molecule has 3 rings (SSSR count). The van der Waals surface area contributed by atoms with Crippen LogP contribution < -0.4 is 16.4 Å². The molecular weight excluding hydrogens is 434 g/mol. The fourth-order valence-corrected chi connectivity index (χ4v) is 4.06. The average molecular weight is 464 g/mol. The number of nitrogens with zero attached hydrogens (tertiary/aromatic N) is 4. The number of aryl methyl sites for hydroxylation is 2. The van der Waals surface area contributed by atoms with Crippen LogP contribution in [0.5, 0.6) is 0 Å². The first-order valence-electron chi connectivity index (χ1n) is 11.1. The summed E-state index contributed by atoms with van der Waals surface area (Å²) in [6.07, 6.45) is 7.00. The van der Waals surface area contributed by atoms with E-state index < -0.39 is 0 Å². The highest BCUT2D eigenvalue weighted by molar-refractivity contribution is 7.15. The normalized spacial score (nSPS) is 10.6. The van der Waals surface area contributed by atoms with Crippen molar-refractivity contribution in [1.82, 2.24) is 15.0 Å². The van der Waals surface area contributed by atoms with Gasteiger partial charge in [-0.2, -0.15) is 5.26 Å². The van der Waals surface area contributed by atoms with E-state index in [4.69, 9.17) is 16.0 Å². The quantitative estimate of drug-likeness (QED) is 0.353. The highest BCUT2D eigenvalue weighted by Gasteiger charge is 2.16. The second-order valence-electron chi connectivity index (χ2n) is 7.73. The number of nitrogens with one attached hydrogen (secondary N) is 2. The van der Waals surface area contributed by atoms with E-state index in [1.54, 1.807) is 30.5 Å². The van der Waals surface area contributed by atoms with Crippen LogP contribution in [0.15, 0.2) is 30.5 Å². The maximum absolute atomic E-state index is 13.0. The number of carbonyl (C=O) groups is 1. The number of nitriles is 1. The molecule has 0 aliphatic carbocycles. The van der Waals surface area contributed by atoms with Crippen LogP contribution in [0.2, 0.25) is 0 Å².